The van der Waals surface area contributed by atoms with Gasteiger partial charge in [-0.1, -0.05) is 13.3 Å². The van der Waals surface area contributed by atoms with E-state index in [0.717, 1.165) is 25.1 Å². The van der Waals surface area contributed by atoms with Gasteiger partial charge in [0.15, 0.2) is 5.82 Å². The molecule has 5 nitrogen and oxygen atoms in total. The summed E-state index contributed by atoms with van der Waals surface area (Å²) in [5, 5.41) is 0. The summed E-state index contributed by atoms with van der Waals surface area (Å²) in [6, 6.07) is 1.79. The minimum atomic E-state index is 0.441. The van der Waals surface area contributed by atoms with Crippen molar-refractivity contribution in [1.82, 2.24) is 9.97 Å². The molecule has 84 valence electrons. The fourth-order valence-electron chi connectivity index (χ4n) is 1.18. The predicted octanol–water partition coefficient (Wildman–Crippen LogP) is 1.39. The number of rotatable bonds is 6. The summed E-state index contributed by atoms with van der Waals surface area (Å²) in [5.41, 5.74) is 3.38. The molecule has 1 aromatic heterocycles. The maximum absolute atomic E-state index is 5.42. The first-order valence-corrected chi connectivity index (χ1v) is 5.15. The number of hydrogen-bond donors (Lipinski definition) is 2. The molecule has 0 bridgehead atoms. The number of anilines is 1. The normalized spacial score (nSPS) is 10.3. The van der Waals surface area contributed by atoms with E-state index in [0.29, 0.717) is 18.2 Å². The summed E-state index contributed by atoms with van der Waals surface area (Å²) in [4.78, 5) is 8.43. The van der Waals surface area contributed by atoms with Gasteiger partial charge in [0, 0.05) is 18.4 Å². The quantitative estimate of drug-likeness (QED) is 0.421. The van der Waals surface area contributed by atoms with E-state index in [9.17, 15) is 0 Å². The lowest BCUT2D eigenvalue weighted by atomic mass is 10.4. The van der Waals surface area contributed by atoms with Gasteiger partial charge in [-0.05, 0) is 13.3 Å². The fraction of sp³-hybridized carbons (Fsp3) is 0.600. The number of aromatic nitrogens is 2. The molecule has 0 saturated carbocycles. The van der Waals surface area contributed by atoms with E-state index in [1.165, 1.54) is 0 Å². The Morgan fingerprint density at radius 1 is 1.47 bits per heavy atom. The average Bonchev–Trinajstić information content (AvgIpc) is 2.23. The van der Waals surface area contributed by atoms with E-state index in [1.54, 1.807) is 6.07 Å². The van der Waals surface area contributed by atoms with Crippen LogP contribution >= 0.6 is 0 Å². The molecule has 0 saturated heterocycles. The molecule has 1 rings (SSSR count). The number of nitrogens with zero attached hydrogens (tertiary/aromatic N) is 2. The van der Waals surface area contributed by atoms with Gasteiger partial charge in [-0.3, -0.25) is 0 Å². The minimum absolute atomic E-state index is 0.441. The second kappa shape index (κ2) is 6.31. The molecule has 15 heavy (non-hydrogen) atoms. The molecule has 0 aliphatic carbocycles. The van der Waals surface area contributed by atoms with Crippen molar-refractivity contribution >= 4 is 5.82 Å². The zero-order chi connectivity index (χ0) is 11.1. The molecule has 0 amide bonds. The summed E-state index contributed by atoms with van der Waals surface area (Å²) in [7, 11) is 0. The van der Waals surface area contributed by atoms with Gasteiger partial charge in [-0.25, -0.2) is 15.8 Å². The zero-order valence-corrected chi connectivity index (χ0v) is 9.29. The van der Waals surface area contributed by atoms with Crippen LogP contribution < -0.4 is 11.3 Å². The third-order valence-electron chi connectivity index (χ3n) is 1.92. The molecule has 0 fully saturated rings. The van der Waals surface area contributed by atoms with E-state index < -0.39 is 0 Å². The minimum Gasteiger partial charge on any atom is -0.373 e. The lowest BCUT2D eigenvalue weighted by Crippen LogP contribution is -2.11. The van der Waals surface area contributed by atoms with E-state index in [-0.39, 0.29) is 0 Å². The van der Waals surface area contributed by atoms with Crippen molar-refractivity contribution in [3.63, 3.8) is 0 Å². The molecule has 0 aliphatic rings. The highest BCUT2D eigenvalue weighted by Crippen LogP contribution is 2.05. The van der Waals surface area contributed by atoms with E-state index >= 15 is 0 Å². The first-order valence-electron chi connectivity index (χ1n) is 5.15. The number of hydrazine groups is 1. The Hall–Kier alpha value is -1.20. The molecule has 0 radical (unpaired) electrons. The van der Waals surface area contributed by atoms with Crippen molar-refractivity contribution in [3.8, 4) is 0 Å². The second-order valence-corrected chi connectivity index (χ2v) is 3.36. The summed E-state index contributed by atoms with van der Waals surface area (Å²) in [6.45, 7) is 5.22. The Kier molecular flexibility index (Phi) is 5.00. The van der Waals surface area contributed by atoms with Crippen molar-refractivity contribution in [1.29, 1.82) is 0 Å². The van der Waals surface area contributed by atoms with Gasteiger partial charge in [0.1, 0.15) is 12.4 Å². The van der Waals surface area contributed by atoms with E-state index in [2.05, 4.69) is 22.3 Å². The van der Waals surface area contributed by atoms with E-state index in [4.69, 9.17) is 10.6 Å². The van der Waals surface area contributed by atoms with Crippen LogP contribution in [0.4, 0.5) is 5.82 Å². The summed E-state index contributed by atoms with van der Waals surface area (Å²) >= 11 is 0. The molecule has 0 spiro atoms. The smallest absolute Gasteiger partial charge is 0.156 e. The number of hydrogen-bond acceptors (Lipinski definition) is 5. The molecule has 0 atom stereocenters. The van der Waals surface area contributed by atoms with Crippen molar-refractivity contribution in [2.45, 2.75) is 33.3 Å². The number of nitrogens with one attached hydrogen (secondary N) is 1. The number of nitrogens with two attached hydrogens (primary N) is 1. The number of unbranched alkanes of at least 4 members (excludes halogenated alkanes) is 1. The van der Waals surface area contributed by atoms with Crippen LogP contribution in [0, 0.1) is 6.92 Å². The summed E-state index contributed by atoms with van der Waals surface area (Å²) in [6.07, 6.45) is 2.19. The summed E-state index contributed by atoms with van der Waals surface area (Å²) in [5.74, 6) is 6.57. The zero-order valence-electron chi connectivity index (χ0n) is 9.29. The molecule has 1 heterocycles. The molecule has 0 aliphatic heterocycles. The first-order chi connectivity index (χ1) is 7.26. The molecule has 3 N–H and O–H groups in total. The van der Waals surface area contributed by atoms with Crippen LogP contribution in [0.1, 0.15) is 31.3 Å². The van der Waals surface area contributed by atoms with Gasteiger partial charge < -0.3 is 10.2 Å². The van der Waals surface area contributed by atoms with Crippen molar-refractivity contribution < 1.29 is 4.74 Å². The van der Waals surface area contributed by atoms with Crippen LogP contribution in [0.3, 0.4) is 0 Å². The van der Waals surface area contributed by atoms with Crippen LogP contribution in [-0.4, -0.2) is 16.6 Å². The van der Waals surface area contributed by atoms with Gasteiger partial charge in [-0.15, -0.1) is 0 Å². The highest BCUT2D eigenvalue weighted by molar-refractivity contribution is 5.33. The Morgan fingerprint density at radius 2 is 2.27 bits per heavy atom. The Bertz CT molecular complexity index is 303. The third-order valence-corrected chi connectivity index (χ3v) is 1.92. The lowest BCUT2D eigenvalue weighted by Gasteiger charge is -2.05. The topological polar surface area (TPSA) is 73.1 Å². The predicted molar refractivity (Wildman–Crippen MR) is 59.1 cm³/mol. The van der Waals surface area contributed by atoms with Gasteiger partial charge in [0.05, 0.1) is 0 Å². The van der Waals surface area contributed by atoms with Gasteiger partial charge in [0.25, 0.3) is 0 Å². The average molecular weight is 210 g/mol. The summed E-state index contributed by atoms with van der Waals surface area (Å²) < 4.78 is 5.42. The van der Waals surface area contributed by atoms with Crippen LogP contribution in [0.5, 0.6) is 0 Å². The van der Waals surface area contributed by atoms with Crippen molar-refractivity contribution in [2.75, 3.05) is 12.0 Å². The van der Waals surface area contributed by atoms with Crippen molar-refractivity contribution in [3.05, 3.63) is 17.6 Å². The number of ether oxygens (including phenoxy) is 1. The van der Waals surface area contributed by atoms with Crippen LogP contribution in [-0.2, 0) is 11.3 Å². The lowest BCUT2D eigenvalue weighted by molar-refractivity contribution is 0.112. The maximum atomic E-state index is 5.42. The van der Waals surface area contributed by atoms with E-state index in [1.807, 2.05) is 6.92 Å². The van der Waals surface area contributed by atoms with Crippen molar-refractivity contribution in [2.24, 2.45) is 5.84 Å². The Balaban J connectivity index is 2.49. The second-order valence-electron chi connectivity index (χ2n) is 3.36. The highest BCUT2D eigenvalue weighted by atomic mass is 16.5. The standard InChI is InChI=1S/C10H18N4O/c1-3-4-5-15-7-10-12-8(2)6-9(13-10)14-11/h6H,3-5,7,11H2,1-2H3,(H,12,13,14). The Labute approximate surface area is 90.0 Å². The maximum Gasteiger partial charge on any atom is 0.156 e. The molecule has 0 unspecified atom stereocenters. The largest absolute Gasteiger partial charge is 0.373 e. The molecule has 5 heteroatoms. The SMILES string of the molecule is CCCCOCc1nc(C)cc(NN)n1. The van der Waals surface area contributed by atoms with Crippen LogP contribution in [0.2, 0.25) is 0 Å². The van der Waals surface area contributed by atoms with Crippen LogP contribution in [0.15, 0.2) is 6.07 Å². The molecule has 0 aromatic carbocycles. The highest BCUT2D eigenvalue weighted by Gasteiger charge is 2.01. The monoisotopic (exact) mass is 210 g/mol. The molecule has 1 aromatic rings. The van der Waals surface area contributed by atoms with Crippen LogP contribution in [0.25, 0.3) is 0 Å². The Morgan fingerprint density at radius 3 is 2.93 bits per heavy atom. The number of nitrogen functional groups attached to an aromatic ring is 1. The van der Waals surface area contributed by atoms with Gasteiger partial charge in [-0.2, -0.15) is 0 Å². The number of aryl methyl sites for hydroxylation is 1. The van der Waals surface area contributed by atoms with Gasteiger partial charge in [0.2, 0.25) is 0 Å². The third kappa shape index (κ3) is 4.22. The fourth-order valence-corrected chi connectivity index (χ4v) is 1.18. The first kappa shape index (κ1) is 11.9. The van der Waals surface area contributed by atoms with Gasteiger partial charge >= 0.3 is 0 Å². The molecular formula is C10H18N4O. The molecular weight excluding hydrogens is 192 g/mol.